The van der Waals surface area contributed by atoms with Gasteiger partial charge in [-0.1, -0.05) is 42.5 Å². The molecule has 0 radical (unpaired) electrons. The average molecular weight is 398 g/mol. The minimum absolute atomic E-state index is 0.172. The fraction of sp³-hybridized carbons (Fsp3) is 0.208. The van der Waals surface area contributed by atoms with Gasteiger partial charge in [0.05, 0.1) is 12.7 Å². The molecule has 0 unspecified atom stereocenters. The predicted molar refractivity (Wildman–Crippen MR) is 116 cm³/mol. The second-order valence-corrected chi connectivity index (χ2v) is 7.44. The average Bonchev–Trinajstić information content (AvgIpc) is 3.35. The van der Waals surface area contributed by atoms with Crippen LogP contribution in [0.15, 0.2) is 77.4 Å². The molecule has 1 aliphatic heterocycles. The molecule has 0 bridgehead atoms. The summed E-state index contributed by atoms with van der Waals surface area (Å²) in [4.78, 5) is 17.0. The number of carbonyl (C=O) groups is 1. The van der Waals surface area contributed by atoms with E-state index in [-0.39, 0.29) is 5.91 Å². The molecule has 4 aromatic rings. The van der Waals surface area contributed by atoms with Crippen LogP contribution in [0.2, 0.25) is 0 Å². The van der Waals surface area contributed by atoms with E-state index >= 15 is 0 Å². The van der Waals surface area contributed by atoms with E-state index in [2.05, 4.69) is 33.3 Å². The predicted octanol–water partition coefficient (Wildman–Crippen LogP) is 3.78. The zero-order chi connectivity index (χ0) is 20.3. The van der Waals surface area contributed by atoms with E-state index in [9.17, 15) is 4.79 Å². The fourth-order valence-corrected chi connectivity index (χ4v) is 3.96. The minimum atomic E-state index is 0.172. The molecule has 0 atom stereocenters. The molecule has 6 heteroatoms. The molecule has 1 aliphatic rings. The van der Waals surface area contributed by atoms with Crippen molar-refractivity contribution < 1.29 is 9.21 Å². The highest BCUT2D eigenvalue weighted by molar-refractivity contribution is 5.90. The standard InChI is InChI=1S/C24H22N4O2/c29-24(17-19-7-3-6-18-5-1-2-8-20(18)19)28-14-12-27(13-15-28)23-11-10-21(25-26-23)22-9-4-16-30-22/h1-11,16H,12-15,17H2. The van der Waals surface area contributed by atoms with Crippen molar-refractivity contribution in [3.05, 3.63) is 78.6 Å². The summed E-state index contributed by atoms with van der Waals surface area (Å²) < 4.78 is 5.36. The molecule has 5 rings (SSSR count). The van der Waals surface area contributed by atoms with E-state index in [0.29, 0.717) is 31.0 Å². The third kappa shape index (κ3) is 3.64. The Morgan fingerprint density at radius 2 is 1.70 bits per heavy atom. The number of amides is 1. The summed E-state index contributed by atoms with van der Waals surface area (Å²) >= 11 is 0. The normalized spacial score (nSPS) is 14.3. The lowest BCUT2D eigenvalue weighted by Crippen LogP contribution is -2.49. The maximum absolute atomic E-state index is 12.9. The lowest BCUT2D eigenvalue weighted by Gasteiger charge is -2.35. The van der Waals surface area contributed by atoms with Gasteiger partial charge in [0.2, 0.25) is 5.91 Å². The summed E-state index contributed by atoms with van der Waals surface area (Å²) in [5.41, 5.74) is 1.80. The van der Waals surface area contributed by atoms with Crippen molar-refractivity contribution in [2.45, 2.75) is 6.42 Å². The molecule has 0 saturated carbocycles. The van der Waals surface area contributed by atoms with E-state index in [1.54, 1.807) is 6.26 Å². The molecular formula is C24H22N4O2. The van der Waals surface area contributed by atoms with E-state index in [4.69, 9.17) is 4.42 Å². The first-order valence-electron chi connectivity index (χ1n) is 10.1. The zero-order valence-corrected chi connectivity index (χ0v) is 16.6. The molecule has 2 aromatic carbocycles. The lowest BCUT2D eigenvalue weighted by molar-refractivity contribution is -0.130. The van der Waals surface area contributed by atoms with Gasteiger partial charge in [-0.05, 0) is 40.6 Å². The van der Waals surface area contributed by atoms with Crippen molar-refractivity contribution in [1.82, 2.24) is 15.1 Å². The Hall–Kier alpha value is -3.67. The van der Waals surface area contributed by atoms with Gasteiger partial charge in [-0.25, -0.2) is 0 Å². The first-order valence-corrected chi connectivity index (χ1v) is 10.1. The highest BCUT2D eigenvalue weighted by Gasteiger charge is 2.22. The van der Waals surface area contributed by atoms with E-state index < -0.39 is 0 Å². The summed E-state index contributed by atoms with van der Waals surface area (Å²) in [6, 6.07) is 21.9. The number of rotatable bonds is 4. The molecule has 3 heterocycles. The molecule has 1 saturated heterocycles. The Kier molecular flexibility index (Phi) is 4.89. The highest BCUT2D eigenvalue weighted by atomic mass is 16.3. The maximum Gasteiger partial charge on any atom is 0.227 e. The number of fused-ring (bicyclic) bond motifs is 1. The van der Waals surface area contributed by atoms with Crippen LogP contribution in [0, 0.1) is 0 Å². The Labute approximate surface area is 174 Å². The second-order valence-electron chi connectivity index (χ2n) is 7.44. The fourth-order valence-electron chi connectivity index (χ4n) is 3.96. The van der Waals surface area contributed by atoms with Crippen LogP contribution < -0.4 is 4.90 Å². The van der Waals surface area contributed by atoms with Gasteiger partial charge in [0.1, 0.15) is 5.69 Å². The van der Waals surface area contributed by atoms with Crippen molar-refractivity contribution in [2.24, 2.45) is 0 Å². The first kappa shape index (κ1) is 18.4. The van der Waals surface area contributed by atoms with Crippen LogP contribution in [0.3, 0.4) is 0 Å². The van der Waals surface area contributed by atoms with Crippen LogP contribution in [-0.2, 0) is 11.2 Å². The number of benzene rings is 2. The largest absolute Gasteiger partial charge is 0.463 e. The van der Waals surface area contributed by atoms with Gasteiger partial charge >= 0.3 is 0 Å². The number of aromatic nitrogens is 2. The number of carbonyl (C=O) groups excluding carboxylic acids is 1. The van der Waals surface area contributed by atoms with Crippen LogP contribution >= 0.6 is 0 Å². The van der Waals surface area contributed by atoms with Crippen LogP contribution in [0.1, 0.15) is 5.56 Å². The quantitative estimate of drug-likeness (QED) is 0.524. The summed E-state index contributed by atoms with van der Waals surface area (Å²) in [6.07, 6.45) is 2.05. The number of hydrogen-bond acceptors (Lipinski definition) is 5. The number of hydrogen-bond donors (Lipinski definition) is 0. The van der Waals surface area contributed by atoms with Gasteiger partial charge < -0.3 is 14.2 Å². The van der Waals surface area contributed by atoms with Crippen LogP contribution in [0.25, 0.3) is 22.2 Å². The Morgan fingerprint density at radius 3 is 2.47 bits per heavy atom. The summed E-state index contributed by atoms with van der Waals surface area (Å²) in [7, 11) is 0. The minimum Gasteiger partial charge on any atom is -0.463 e. The Morgan fingerprint density at radius 1 is 0.867 bits per heavy atom. The molecule has 0 N–H and O–H groups in total. The van der Waals surface area contributed by atoms with Crippen LogP contribution in [0.5, 0.6) is 0 Å². The topological polar surface area (TPSA) is 62.5 Å². The van der Waals surface area contributed by atoms with Gasteiger partial charge in [0.25, 0.3) is 0 Å². The number of anilines is 1. The van der Waals surface area contributed by atoms with Gasteiger partial charge in [0, 0.05) is 26.2 Å². The number of piperazine rings is 1. The lowest BCUT2D eigenvalue weighted by atomic mass is 10.0. The molecule has 30 heavy (non-hydrogen) atoms. The van der Waals surface area contributed by atoms with Crippen LogP contribution in [-0.4, -0.2) is 47.2 Å². The van der Waals surface area contributed by atoms with Crippen molar-refractivity contribution in [2.75, 3.05) is 31.1 Å². The van der Waals surface area contributed by atoms with Crippen molar-refractivity contribution in [3.63, 3.8) is 0 Å². The second kappa shape index (κ2) is 7.99. The van der Waals surface area contributed by atoms with Gasteiger partial charge in [-0.3, -0.25) is 4.79 Å². The van der Waals surface area contributed by atoms with Crippen LogP contribution in [0.4, 0.5) is 5.82 Å². The third-order valence-corrected chi connectivity index (χ3v) is 5.60. The summed E-state index contributed by atoms with van der Waals surface area (Å²) in [5, 5.41) is 10.9. The SMILES string of the molecule is O=C(Cc1cccc2ccccc12)N1CCN(c2ccc(-c3ccco3)nn2)CC1. The smallest absolute Gasteiger partial charge is 0.227 e. The van der Waals surface area contributed by atoms with Crippen molar-refractivity contribution >= 4 is 22.5 Å². The summed E-state index contributed by atoms with van der Waals surface area (Å²) in [5.74, 6) is 1.70. The monoisotopic (exact) mass is 398 g/mol. The van der Waals surface area contributed by atoms with Gasteiger partial charge in [0.15, 0.2) is 11.6 Å². The molecule has 0 spiro atoms. The molecule has 2 aromatic heterocycles. The first-order chi connectivity index (χ1) is 14.8. The number of nitrogens with zero attached hydrogens (tertiary/aromatic N) is 4. The highest BCUT2D eigenvalue weighted by Crippen LogP contribution is 2.21. The summed E-state index contributed by atoms with van der Waals surface area (Å²) in [6.45, 7) is 2.86. The maximum atomic E-state index is 12.9. The van der Waals surface area contributed by atoms with E-state index in [0.717, 1.165) is 29.9 Å². The molecule has 150 valence electrons. The van der Waals surface area contributed by atoms with E-state index in [1.807, 2.05) is 53.4 Å². The van der Waals surface area contributed by atoms with Gasteiger partial charge in [-0.15, -0.1) is 10.2 Å². The zero-order valence-electron chi connectivity index (χ0n) is 16.6. The molecular weight excluding hydrogens is 376 g/mol. The Bertz CT molecular complexity index is 1140. The van der Waals surface area contributed by atoms with Crippen molar-refractivity contribution in [3.8, 4) is 11.5 Å². The van der Waals surface area contributed by atoms with Gasteiger partial charge in [-0.2, -0.15) is 0 Å². The molecule has 1 amide bonds. The molecule has 1 fully saturated rings. The molecule has 6 nitrogen and oxygen atoms in total. The van der Waals surface area contributed by atoms with E-state index in [1.165, 1.54) is 5.39 Å². The Balaban J connectivity index is 1.22. The van der Waals surface area contributed by atoms with Crippen molar-refractivity contribution in [1.29, 1.82) is 0 Å². The third-order valence-electron chi connectivity index (χ3n) is 5.60. The molecule has 0 aliphatic carbocycles. The number of furan rings is 1.